The molecule has 0 saturated heterocycles. The second kappa shape index (κ2) is 3.83. The highest BCUT2D eigenvalue weighted by molar-refractivity contribution is 6.69. The van der Waals surface area contributed by atoms with E-state index < -0.39 is 25.7 Å². The van der Waals surface area contributed by atoms with Crippen LogP contribution in [0.5, 0.6) is 0 Å². The molecule has 0 aromatic heterocycles. The first-order chi connectivity index (χ1) is 4.34. The van der Waals surface area contributed by atoms with Crippen molar-refractivity contribution < 1.29 is 13.2 Å². The van der Waals surface area contributed by atoms with E-state index in [1.54, 1.807) is 0 Å². The zero-order valence-electron chi connectivity index (χ0n) is 5.04. The Balaban J connectivity index is 3.73. The van der Waals surface area contributed by atoms with Gasteiger partial charge in [-0.1, -0.05) is 6.92 Å². The summed E-state index contributed by atoms with van der Waals surface area (Å²) in [6.07, 6.45) is -4.17. The summed E-state index contributed by atoms with van der Waals surface area (Å²) in [5.74, 6) is 0. The average Bonchev–Trinajstić information content (AvgIpc) is 1.60. The van der Waals surface area contributed by atoms with Crippen LogP contribution in [0.4, 0.5) is 13.2 Å². The summed E-state index contributed by atoms with van der Waals surface area (Å²) in [5, 5.41) is 0. The van der Waals surface area contributed by atoms with Crippen LogP contribution >= 0.6 is 23.2 Å². The molecule has 0 N–H and O–H groups in total. The van der Waals surface area contributed by atoms with E-state index in [1.807, 2.05) is 0 Å². The standard InChI is InChI=1S/C4H5Cl2F3Si/c1-2(4(7,8)9)10-3(5)6/h2-3H,1H3. The maximum absolute atomic E-state index is 11.7. The summed E-state index contributed by atoms with van der Waals surface area (Å²) in [4.78, 5) is 0. The summed E-state index contributed by atoms with van der Waals surface area (Å²) in [5.41, 5.74) is -1.40. The summed E-state index contributed by atoms with van der Waals surface area (Å²) in [7, 11) is -0.480. The Morgan fingerprint density at radius 1 is 1.30 bits per heavy atom. The lowest BCUT2D eigenvalue weighted by molar-refractivity contribution is -0.130. The van der Waals surface area contributed by atoms with Gasteiger partial charge in [0.15, 0.2) is 0 Å². The Morgan fingerprint density at radius 2 is 1.70 bits per heavy atom. The molecule has 0 nitrogen and oxygen atoms in total. The first kappa shape index (κ1) is 10.6. The van der Waals surface area contributed by atoms with Crippen molar-refractivity contribution in [3.63, 3.8) is 0 Å². The van der Waals surface area contributed by atoms with Crippen LogP contribution in [-0.2, 0) is 0 Å². The van der Waals surface area contributed by atoms with Crippen LogP contribution in [-0.4, -0.2) is 20.2 Å². The molecule has 0 heterocycles. The van der Waals surface area contributed by atoms with E-state index in [1.165, 1.54) is 0 Å². The van der Waals surface area contributed by atoms with Crippen LogP contribution in [0.3, 0.4) is 0 Å². The van der Waals surface area contributed by atoms with Gasteiger partial charge in [-0.25, -0.2) is 0 Å². The minimum atomic E-state index is -4.17. The summed E-state index contributed by atoms with van der Waals surface area (Å²) >= 11 is 10.3. The zero-order chi connectivity index (χ0) is 8.36. The van der Waals surface area contributed by atoms with Gasteiger partial charge in [0.25, 0.3) is 0 Å². The fourth-order valence-corrected chi connectivity index (χ4v) is 1.98. The first-order valence-electron chi connectivity index (χ1n) is 2.45. The van der Waals surface area contributed by atoms with Crippen LogP contribution in [0.15, 0.2) is 0 Å². The Kier molecular flexibility index (Phi) is 4.05. The van der Waals surface area contributed by atoms with Crippen molar-refractivity contribution in [2.45, 2.75) is 23.1 Å². The van der Waals surface area contributed by atoms with Gasteiger partial charge in [0, 0.05) is 5.54 Å². The van der Waals surface area contributed by atoms with Crippen molar-refractivity contribution in [3.05, 3.63) is 0 Å². The van der Waals surface area contributed by atoms with Crippen LogP contribution in [0.1, 0.15) is 6.92 Å². The van der Waals surface area contributed by atoms with E-state index in [2.05, 4.69) is 0 Å². The average molecular weight is 209 g/mol. The topological polar surface area (TPSA) is 0 Å². The van der Waals surface area contributed by atoms with Crippen molar-refractivity contribution in [1.82, 2.24) is 0 Å². The van der Waals surface area contributed by atoms with E-state index in [-0.39, 0.29) is 0 Å². The third kappa shape index (κ3) is 4.41. The lowest BCUT2D eigenvalue weighted by atomic mass is 10.5. The van der Waals surface area contributed by atoms with Crippen molar-refractivity contribution in [1.29, 1.82) is 0 Å². The molecule has 0 aliphatic carbocycles. The van der Waals surface area contributed by atoms with Crippen molar-refractivity contribution >= 4 is 32.7 Å². The van der Waals surface area contributed by atoms with Gasteiger partial charge in [-0.3, -0.25) is 0 Å². The Hall–Kier alpha value is 0.587. The van der Waals surface area contributed by atoms with Crippen molar-refractivity contribution in [3.8, 4) is 0 Å². The largest absolute Gasteiger partial charge is 0.388 e. The molecule has 0 saturated carbocycles. The highest BCUT2D eigenvalue weighted by Gasteiger charge is 2.37. The van der Waals surface area contributed by atoms with Crippen LogP contribution in [0.25, 0.3) is 0 Å². The molecule has 0 aliphatic heterocycles. The van der Waals surface area contributed by atoms with E-state index in [9.17, 15) is 13.2 Å². The number of hydrogen-bond acceptors (Lipinski definition) is 0. The molecule has 1 unspecified atom stereocenters. The number of alkyl halides is 5. The van der Waals surface area contributed by atoms with Crippen molar-refractivity contribution in [2.75, 3.05) is 0 Å². The van der Waals surface area contributed by atoms with Gasteiger partial charge in [-0.05, 0) is 0 Å². The third-order valence-electron chi connectivity index (χ3n) is 0.867. The fourth-order valence-electron chi connectivity index (χ4n) is 0.283. The molecule has 0 aliphatic rings. The lowest BCUT2D eigenvalue weighted by Gasteiger charge is -2.14. The van der Waals surface area contributed by atoms with Crippen LogP contribution < -0.4 is 0 Å². The van der Waals surface area contributed by atoms with Gasteiger partial charge in [-0.15, -0.1) is 23.2 Å². The second-order valence-corrected chi connectivity index (χ2v) is 5.34. The molecule has 10 heavy (non-hydrogen) atoms. The Bertz CT molecular complexity index is 103. The predicted octanol–water partition coefficient (Wildman–Crippen LogP) is 2.82. The highest BCUT2D eigenvalue weighted by Crippen LogP contribution is 2.31. The first-order valence-corrected chi connectivity index (χ1v) is 4.47. The molecule has 0 amide bonds. The molecule has 0 rings (SSSR count). The number of hydrogen-bond donors (Lipinski definition) is 0. The maximum atomic E-state index is 11.7. The second-order valence-electron chi connectivity index (χ2n) is 1.73. The minimum Gasteiger partial charge on any atom is -0.171 e. The summed E-state index contributed by atoms with van der Waals surface area (Å²) in [6.45, 7) is 1.07. The molecule has 60 valence electrons. The molecule has 0 spiro atoms. The molecule has 1 atom stereocenters. The van der Waals surface area contributed by atoms with E-state index in [4.69, 9.17) is 23.2 Å². The lowest BCUT2D eigenvalue weighted by Crippen LogP contribution is -2.23. The van der Waals surface area contributed by atoms with Gasteiger partial charge in [-0.2, -0.15) is 13.2 Å². The normalized spacial score (nSPS) is 15.9. The van der Waals surface area contributed by atoms with Crippen LogP contribution in [0.2, 0.25) is 5.54 Å². The third-order valence-corrected chi connectivity index (χ3v) is 2.70. The van der Waals surface area contributed by atoms with Gasteiger partial charge in [0.1, 0.15) is 0 Å². The van der Waals surface area contributed by atoms with Gasteiger partial charge < -0.3 is 0 Å². The monoisotopic (exact) mass is 208 g/mol. The molecule has 2 radical (unpaired) electrons. The van der Waals surface area contributed by atoms with Gasteiger partial charge >= 0.3 is 6.18 Å². The minimum absolute atomic E-state index is 0.480. The molecule has 6 heteroatoms. The van der Waals surface area contributed by atoms with E-state index >= 15 is 0 Å². The van der Waals surface area contributed by atoms with Crippen LogP contribution in [0, 0.1) is 0 Å². The molecule has 0 fully saturated rings. The predicted molar refractivity (Wildman–Crippen MR) is 36.7 cm³/mol. The SMILES string of the molecule is CC([Si]C(Cl)Cl)C(F)(F)F. The van der Waals surface area contributed by atoms with Crippen molar-refractivity contribution in [2.24, 2.45) is 0 Å². The molecule has 0 aromatic carbocycles. The Labute approximate surface area is 69.5 Å². The zero-order valence-corrected chi connectivity index (χ0v) is 7.56. The maximum Gasteiger partial charge on any atom is 0.388 e. The van der Waals surface area contributed by atoms with E-state index in [0.29, 0.717) is 0 Å². The summed E-state index contributed by atoms with van der Waals surface area (Å²) in [6, 6.07) is 0. The fraction of sp³-hybridized carbons (Fsp3) is 1.00. The number of halogens is 5. The quantitative estimate of drug-likeness (QED) is 0.484. The Morgan fingerprint density at radius 3 is 1.80 bits per heavy atom. The summed E-state index contributed by atoms with van der Waals surface area (Å²) < 4.78 is 34.2. The van der Waals surface area contributed by atoms with E-state index in [0.717, 1.165) is 6.92 Å². The molecule has 0 bridgehead atoms. The van der Waals surface area contributed by atoms with Gasteiger partial charge in [0.05, 0.1) is 14.0 Å². The number of rotatable bonds is 2. The van der Waals surface area contributed by atoms with Gasteiger partial charge in [0.2, 0.25) is 0 Å². The molecular weight excluding hydrogens is 204 g/mol. The highest BCUT2D eigenvalue weighted by atomic mass is 35.5. The molecule has 0 aromatic rings. The molecular formula is C4H5Cl2F3Si. The smallest absolute Gasteiger partial charge is 0.171 e.